The highest BCUT2D eigenvalue weighted by Gasteiger charge is 2.26. The second kappa shape index (κ2) is 10.2. The number of amides is 3. The largest absolute Gasteiger partial charge is 0.378 e. The van der Waals surface area contributed by atoms with Crippen molar-refractivity contribution in [2.45, 2.75) is 11.7 Å². The molecule has 1 aromatic heterocycles. The predicted octanol–water partition coefficient (Wildman–Crippen LogP) is 4.15. The molecule has 3 N–H and O–H groups in total. The van der Waals surface area contributed by atoms with Gasteiger partial charge in [-0.1, -0.05) is 41.6 Å². The third-order valence-electron chi connectivity index (χ3n) is 5.36. The maximum Gasteiger partial charge on any atom is 0.259 e. The number of carbonyl (C=O) groups is 3. The van der Waals surface area contributed by atoms with Crippen molar-refractivity contribution < 1.29 is 14.4 Å². The number of nitrogens with zero attached hydrogens (tertiary/aromatic N) is 3. The summed E-state index contributed by atoms with van der Waals surface area (Å²) in [5, 5.41) is 18.2. The molecule has 0 aliphatic carbocycles. The van der Waals surface area contributed by atoms with Crippen molar-refractivity contribution in [3.8, 4) is 5.69 Å². The van der Waals surface area contributed by atoms with Crippen molar-refractivity contribution >= 4 is 52.5 Å². The minimum Gasteiger partial charge on any atom is -0.378 e. The van der Waals surface area contributed by atoms with Crippen LogP contribution in [0.3, 0.4) is 0 Å². The average molecular weight is 519 g/mol. The molecule has 0 spiro atoms. The van der Waals surface area contributed by atoms with Gasteiger partial charge in [0.05, 0.1) is 23.4 Å². The quantitative estimate of drug-likeness (QED) is 0.237. The van der Waals surface area contributed by atoms with Crippen LogP contribution in [-0.4, -0.2) is 38.2 Å². The molecule has 0 saturated heterocycles. The molecular weight excluding hydrogens is 500 g/mol. The van der Waals surface area contributed by atoms with Crippen molar-refractivity contribution in [1.82, 2.24) is 20.1 Å². The second-order valence-corrected chi connectivity index (χ2v) is 9.19. The number of imide groups is 1. The zero-order valence-electron chi connectivity index (χ0n) is 18.7. The Morgan fingerprint density at radius 3 is 2.42 bits per heavy atom. The maximum atomic E-state index is 12.6. The molecule has 0 bridgehead atoms. The summed E-state index contributed by atoms with van der Waals surface area (Å²) < 4.78 is 1.90. The van der Waals surface area contributed by atoms with Crippen molar-refractivity contribution in [2.75, 3.05) is 16.4 Å². The Balaban J connectivity index is 1.29. The molecule has 0 unspecified atom stereocenters. The Kier molecular flexibility index (Phi) is 6.70. The first kappa shape index (κ1) is 23.6. The van der Waals surface area contributed by atoms with Crippen LogP contribution >= 0.6 is 23.4 Å². The van der Waals surface area contributed by atoms with Crippen LogP contribution in [0.1, 0.15) is 26.5 Å². The topological polar surface area (TPSA) is 118 Å². The smallest absolute Gasteiger partial charge is 0.259 e. The van der Waals surface area contributed by atoms with E-state index < -0.39 is 11.8 Å². The van der Waals surface area contributed by atoms with E-state index in [4.69, 9.17) is 11.6 Å². The summed E-state index contributed by atoms with van der Waals surface area (Å²) in [7, 11) is 0. The molecular formula is C25H19ClN6O3S. The highest BCUT2D eigenvalue weighted by molar-refractivity contribution is 7.99. The van der Waals surface area contributed by atoms with Crippen molar-refractivity contribution in [1.29, 1.82) is 0 Å². The zero-order valence-corrected chi connectivity index (χ0v) is 20.3. The number of anilines is 2. The fourth-order valence-corrected chi connectivity index (χ4v) is 4.56. The lowest BCUT2D eigenvalue weighted by molar-refractivity contribution is -0.113. The van der Waals surface area contributed by atoms with Gasteiger partial charge in [0.25, 0.3) is 11.8 Å². The number of para-hydroxylation sites is 1. The zero-order chi connectivity index (χ0) is 25.1. The molecule has 1 aliphatic heterocycles. The molecule has 0 atom stereocenters. The molecule has 0 fully saturated rings. The number of halogens is 1. The number of fused-ring (bicyclic) bond motifs is 1. The Morgan fingerprint density at radius 2 is 1.64 bits per heavy atom. The van der Waals surface area contributed by atoms with E-state index in [1.807, 2.05) is 47.0 Å². The first-order valence-electron chi connectivity index (χ1n) is 10.9. The van der Waals surface area contributed by atoms with Gasteiger partial charge in [0.15, 0.2) is 11.0 Å². The van der Waals surface area contributed by atoms with Crippen LogP contribution in [0, 0.1) is 0 Å². The number of hydrogen-bond donors (Lipinski definition) is 3. The lowest BCUT2D eigenvalue weighted by Crippen LogP contribution is -2.19. The van der Waals surface area contributed by atoms with Crippen LogP contribution in [0.15, 0.2) is 78.0 Å². The number of hydrogen-bond acceptors (Lipinski definition) is 7. The number of aromatic nitrogens is 3. The first-order chi connectivity index (χ1) is 17.5. The fourth-order valence-electron chi connectivity index (χ4n) is 3.67. The van der Waals surface area contributed by atoms with Crippen molar-refractivity contribution in [3.63, 3.8) is 0 Å². The molecule has 36 heavy (non-hydrogen) atoms. The molecule has 11 heteroatoms. The van der Waals surface area contributed by atoms with Gasteiger partial charge >= 0.3 is 0 Å². The summed E-state index contributed by atoms with van der Waals surface area (Å²) >= 11 is 7.20. The Bertz CT molecular complexity index is 1460. The highest BCUT2D eigenvalue weighted by Crippen LogP contribution is 2.24. The van der Waals surface area contributed by atoms with E-state index in [1.165, 1.54) is 23.9 Å². The standard InChI is InChI=1S/C25H19ClN6O3S/c26-15-6-8-16(9-7-15)27-13-21-30-31-25(32(21)18-4-2-1-3-5-18)36-14-22(33)28-17-10-11-19-20(12-17)24(35)29-23(19)34/h1-12,27H,13-14H2,(H,28,33)(H,29,34,35). The summed E-state index contributed by atoms with van der Waals surface area (Å²) in [6, 6.07) is 21.6. The third kappa shape index (κ3) is 5.09. The van der Waals surface area contributed by atoms with E-state index in [9.17, 15) is 14.4 Å². The van der Waals surface area contributed by atoms with Crippen LogP contribution in [0.25, 0.3) is 5.69 Å². The van der Waals surface area contributed by atoms with Gasteiger partial charge in [0.2, 0.25) is 5.91 Å². The summed E-state index contributed by atoms with van der Waals surface area (Å²) in [6.45, 7) is 0.409. The van der Waals surface area contributed by atoms with Gasteiger partial charge in [0, 0.05) is 22.1 Å². The number of carbonyl (C=O) groups excluding carboxylic acids is 3. The van der Waals surface area contributed by atoms with E-state index in [0.717, 1.165) is 11.4 Å². The van der Waals surface area contributed by atoms with Gasteiger partial charge in [-0.05, 0) is 54.6 Å². The van der Waals surface area contributed by atoms with Crippen LogP contribution in [0.5, 0.6) is 0 Å². The molecule has 5 rings (SSSR count). The number of benzene rings is 3. The molecule has 4 aromatic rings. The molecule has 3 aromatic carbocycles. The fraction of sp³-hybridized carbons (Fsp3) is 0.0800. The van der Waals surface area contributed by atoms with E-state index >= 15 is 0 Å². The molecule has 0 saturated carbocycles. The van der Waals surface area contributed by atoms with E-state index in [2.05, 4.69) is 26.1 Å². The Morgan fingerprint density at radius 1 is 0.917 bits per heavy atom. The average Bonchev–Trinajstić information content (AvgIpc) is 3.42. The van der Waals surface area contributed by atoms with Crippen LogP contribution < -0.4 is 16.0 Å². The lowest BCUT2D eigenvalue weighted by atomic mass is 10.1. The SMILES string of the molecule is O=C(CSc1nnc(CNc2ccc(Cl)cc2)n1-c1ccccc1)Nc1ccc2c(c1)C(=O)NC2=O. The van der Waals surface area contributed by atoms with Gasteiger partial charge in [-0.3, -0.25) is 24.3 Å². The van der Waals surface area contributed by atoms with E-state index in [1.54, 1.807) is 18.2 Å². The molecule has 180 valence electrons. The third-order valence-corrected chi connectivity index (χ3v) is 6.54. The van der Waals surface area contributed by atoms with E-state index in [0.29, 0.717) is 33.8 Å². The van der Waals surface area contributed by atoms with Gasteiger partial charge in [-0.15, -0.1) is 10.2 Å². The van der Waals surface area contributed by atoms with Gasteiger partial charge in [0.1, 0.15) is 0 Å². The molecule has 0 radical (unpaired) electrons. The van der Waals surface area contributed by atoms with Crippen LogP contribution in [0.4, 0.5) is 11.4 Å². The van der Waals surface area contributed by atoms with Crippen molar-refractivity contribution in [2.24, 2.45) is 0 Å². The molecule has 2 heterocycles. The summed E-state index contributed by atoms with van der Waals surface area (Å²) in [5.74, 6) is -0.458. The van der Waals surface area contributed by atoms with Crippen LogP contribution in [-0.2, 0) is 11.3 Å². The molecule has 3 amide bonds. The Hall–Kier alpha value is -4.15. The minimum atomic E-state index is -0.476. The number of nitrogens with one attached hydrogen (secondary N) is 3. The Labute approximate surface area is 215 Å². The summed E-state index contributed by atoms with van der Waals surface area (Å²) in [4.78, 5) is 36.2. The monoisotopic (exact) mass is 518 g/mol. The predicted molar refractivity (Wildman–Crippen MR) is 138 cm³/mol. The highest BCUT2D eigenvalue weighted by atomic mass is 35.5. The van der Waals surface area contributed by atoms with Gasteiger partial charge < -0.3 is 10.6 Å². The number of thioether (sulfide) groups is 1. The molecule has 9 nitrogen and oxygen atoms in total. The number of rotatable bonds is 8. The summed E-state index contributed by atoms with van der Waals surface area (Å²) in [5.41, 5.74) is 2.73. The van der Waals surface area contributed by atoms with Gasteiger partial charge in [-0.2, -0.15) is 0 Å². The van der Waals surface area contributed by atoms with Gasteiger partial charge in [-0.25, -0.2) is 0 Å². The minimum absolute atomic E-state index is 0.0673. The van der Waals surface area contributed by atoms with Crippen molar-refractivity contribution in [3.05, 3.63) is 94.8 Å². The normalized spacial score (nSPS) is 12.2. The molecule has 1 aliphatic rings. The lowest BCUT2D eigenvalue weighted by Gasteiger charge is -2.11. The maximum absolute atomic E-state index is 12.6. The van der Waals surface area contributed by atoms with Crippen LogP contribution in [0.2, 0.25) is 5.02 Å². The summed E-state index contributed by atoms with van der Waals surface area (Å²) in [6.07, 6.45) is 0. The first-order valence-corrected chi connectivity index (χ1v) is 12.3. The van der Waals surface area contributed by atoms with E-state index in [-0.39, 0.29) is 17.2 Å². The second-order valence-electron chi connectivity index (χ2n) is 7.81.